The highest BCUT2D eigenvalue weighted by Crippen LogP contribution is 2.15. The maximum atomic E-state index is 4.28. The molecule has 1 aromatic heterocycles. The van der Waals surface area contributed by atoms with Crippen LogP contribution in [0.3, 0.4) is 0 Å². The molecule has 2 rings (SSSR count). The van der Waals surface area contributed by atoms with E-state index in [1.807, 2.05) is 24.4 Å². The number of pyridine rings is 1. The summed E-state index contributed by atoms with van der Waals surface area (Å²) in [6.45, 7) is 9.92. The van der Waals surface area contributed by atoms with Gasteiger partial charge < -0.3 is 10.6 Å². The minimum atomic E-state index is 0.166. The van der Waals surface area contributed by atoms with Gasteiger partial charge >= 0.3 is 0 Å². The first-order valence-corrected chi connectivity index (χ1v) is 6.29. The van der Waals surface area contributed by atoms with E-state index >= 15 is 0 Å². The summed E-state index contributed by atoms with van der Waals surface area (Å²) in [6, 6.07) is 5.95. The number of hydrogen-bond donors (Lipinski definition) is 2. The van der Waals surface area contributed by atoms with Crippen LogP contribution in [0.25, 0.3) is 0 Å². The Labute approximate surface area is 103 Å². The fourth-order valence-corrected chi connectivity index (χ4v) is 2.16. The summed E-state index contributed by atoms with van der Waals surface area (Å²) < 4.78 is 0. The zero-order valence-electron chi connectivity index (χ0n) is 10.7. The molecule has 1 aliphatic rings. The van der Waals surface area contributed by atoms with E-state index in [1.165, 1.54) is 0 Å². The quantitative estimate of drug-likeness (QED) is 0.820. The summed E-state index contributed by atoms with van der Waals surface area (Å²) in [6.07, 6.45) is 1.82. The molecule has 2 heterocycles. The SMILES string of the molecule is CC(C)(CNc1ccccn1)N1CCNCC1. The fourth-order valence-electron chi connectivity index (χ4n) is 2.16. The lowest BCUT2D eigenvalue weighted by Gasteiger charge is -2.41. The van der Waals surface area contributed by atoms with Gasteiger partial charge in [0.05, 0.1) is 0 Å². The topological polar surface area (TPSA) is 40.2 Å². The van der Waals surface area contributed by atoms with Gasteiger partial charge in [-0.2, -0.15) is 0 Å². The number of anilines is 1. The van der Waals surface area contributed by atoms with E-state index in [1.54, 1.807) is 0 Å². The van der Waals surface area contributed by atoms with Crippen LogP contribution in [0.15, 0.2) is 24.4 Å². The van der Waals surface area contributed by atoms with Crippen molar-refractivity contribution in [2.24, 2.45) is 0 Å². The molecule has 0 aliphatic carbocycles. The van der Waals surface area contributed by atoms with Gasteiger partial charge in [0, 0.05) is 44.5 Å². The molecule has 0 saturated carbocycles. The molecule has 4 heteroatoms. The highest BCUT2D eigenvalue weighted by Gasteiger charge is 2.27. The van der Waals surface area contributed by atoms with Gasteiger partial charge in [0.1, 0.15) is 5.82 Å². The minimum absolute atomic E-state index is 0.166. The van der Waals surface area contributed by atoms with Crippen molar-refractivity contribution in [1.29, 1.82) is 0 Å². The number of nitrogens with zero attached hydrogens (tertiary/aromatic N) is 2. The van der Waals surface area contributed by atoms with Crippen LogP contribution in [-0.4, -0.2) is 48.1 Å². The molecule has 0 spiro atoms. The van der Waals surface area contributed by atoms with Crippen LogP contribution in [0, 0.1) is 0 Å². The van der Waals surface area contributed by atoms with E-state index in [0.29, 0.717) is 0 Å². The Balaban J connectivity index is 1.88. The number of aromatic nitrogens is 1. The smallest absolute Gasteiger partial charge is 0.125 e. The van der Waals surface area contributed by atoms with Crippen molar-refractivity contribution in [3.05, 3.63) is 24.4 Å². The van der Waals surface area contributed by atoms with Crippen molar-refractivity contribution in [3.63, 3.8) is 0 Å². The lowest BCUT2D eigenvalue weighted by Crippen LogP contribution is -2.56. The van der Waals surface area contributed by atoms with E-state index in [0.717, 1.165) is 38.5 Å². The summed E-state index contributed by atoms with van der Waals surface area (Å²) in [4.78, 5) is 6.81. The molecule has 1 aromatic rings. The molecule has 17 heavy (non-hydrogen) atoms. The number of nitrogens with one attached hydrogen (secondary N) is 2. The molecule has 0 aromatic carbocycles. The maximum absolute atomic E-state index is 4.28. The molecule has 1 aliphatic heterocycles. The van der Waals surface area contributed by atoms with Crippen molar-refractivity contribution in [1.82, 2.24) is 15.2 Å². The van der Waals surface area contributed by atoms with Crippen LogP contribution in [0.4, 0.5) is 5.82 Å². The summed E-state index contributed by atoms with van der Waals surface area (Å²) in [5, 5.41) is 6.80. The van der Waals surface area contributed by atoms with Crippen molar-refractivity contribution in [3.8, 4) is 0 Å². The van der Waals surface area contributed by atoms with Crippen LogP contribution in [0.1, 0.15) is 13.8 Å². The second kappa shape index (κ2) is 5.47. The average Bonchev–Trinajstić information content (AvgIpc) is 2.39. The van der Waals surface area contributed by atoms with Crippen LogP contribution < -0.4 is 10.6 Å². The molecule has 4 nitrogen and oxygen atoms in total. The number of hydrogen-bond acceptors (Lipinski definition) is 4. The molecule has 0 bridgehead atoms. The normalized spacial score (nSPS) is 18.0. The highest BCUT2D eigenvalue weighted by atomic mass is 15.3. The first kappa shape index (κ1) is 12.3. The third-order valence-electron chi connectivity index (χ3n) is 3.34. The van der Waals surface area contributed by atoms with Crippen molar-refractivity contribution in [2.75, 3.05) is 38.0 Å². The van der Waals surface area contributed by atoms with E-state index in [2.05, 4.69) is 34.4 Å². The molecular formula is C13H22N4. The average molecular weight is 234 g/mol. The molecule has 1 saturated heterocycles. The Bertz CT molecular complexity index is 331. The van der Waals surface area contributed by atoms with E-state index < -0.39 is 0 Å². The van der Waals surface area contributed by atoms with Gasteiger partial charge in [-0.05, 0) is 26.0 Å². The molecule has 0 amide bonds. The Morgan fingerprint density at radius 1 is 1.35 bits per heavy atom. The first-order valence-electron chi connectivity index (χ1n) is 6.29. The van der Waals surface area contributed by atoms with Gasteiger partial charge in [0.15, 0.2) is 0 Å². The largest absolute Gasteiger partial charge is 0.368 e. The van der Waals surface area contributed by atoms with Gasteiger partial charge in [-0.3, -0.25) is 4.90 Å². The van der Waals surface area contributed by atoms with Crippen LogP contribution in [0.5, 0.6) is 0 Å². The van der Waals surface area contributed by atoms with Crippen molar-refractivity contribution < 1.29 is 0 Å². The molecule has 0 radical (unpaired) electrons. The Kier molecular flexibility index (Phi) is 3.97. The number of piperazine rings is 1. The first-order chi connectivity index (χ1) is 8.18. The van der Waals surface area contributed by atoms with Crippen LogP contribution in [0.2, 0.25) is 0 Å². The van der Waals surface area contributed by atoms with Gasteiger partial charge in [-0.1, -0.05) is 6.07 Å². The zero-order chi connectivity index (χ0) is 12.1. The van der Waals surface area contributed by atoms with E-state index in [-0.39, 0.29) is 5.54 Å². The standard InChI is InChI=1S/C13H22N4/c1-13(2,17-9-7-14-8-10-17)11-16-12-5-3-4-6-15-12/h3-6,14H,7-11H2,1-2H3,(H,15,16). The summed E-state index contributed by atoms with van der Waals surface area (Å²) >= 11 is 0. The zero-order valence-corrected chi connectivity index (χ0v) is 10.7. The van der Waals surface area contributed by atoms with Gasteiger partial charge in [0.2, 0.25) is 0 Å². The highest BCUT2D eigenvalue weighted by molar-refractivity contribution is 5.33. The monoisotopic (exact) mass is 234 g/mol. The van der Waals surface area contributed by atoms with Crippen molar-refractivity contribution in [2.45, 2.75) is 19.4 Å². The Morgan fingerprint density at radius 2 is 2.12 bits per heavy atom. The van der Waals surface area contributed by atoms with Crippen molar-refractivity contribution >= 4 is 5.82 Å². The third-order valence-corrected chi connectivity index (χ3v) is 3.34. The Hall–Kier alpha value is -1.13. The van der Waals surface area contributed by atoms with Gasteiger partial charge in [0.25, 0.3) is 0 Å². The Morgan fingerprint density at radius 3 is 2.76 bits per heavy atom. The molecular weight excluding hydrogens is 212 g/mol. The van der Waals surface area contributed by atoms with E-state index in [4.69, 9.17) is 0 Å². The number of rotatable bonds is 4. The molecule has 94 valence electrons. The molecule has 1 fully saturated rings. The lowest BCUT2D eigenvalue weighted by atomic mass is 10.0. The summed E-state index contributed by atoms with van der Waals surface area (Å²) in [5.41, 5.74) is 0.166. The predicted octanol–water partition coefficient (Wildman–Crippen LogP) is 1.18. The second-order valence-electron chi connectivity index (χ2n) is 5.12. The van der Waals surface area contributed by atoms with E-state index in [9.17, 15) is 0 Å². The lowest BCUT2D eigenvalue weighted by molar-refractivity contribution is 0.114. The minimum Gasteiger partial charge on any atom is -0.368 e. The van der Waals surface area contributed by atoms with Gasteiger partial charge in [-0.15, -0.1) is 0 Å². The third kappa shape index (κ3) is 3.41. The fraction of sp³-hybridized carbons (Fsp3) is 0.615. The summed E-state index contributed by atoms with van der Waals surface area (Å²) in [7, 11) is 0. The molecule has 2 N–H and O–H groups in total. The molecule has 0 atom stereocenters. The maximum Gasteiger partial charge on any atom is 0.125 e. The second-order valence-corrected chi connectivity index (χ2v) is 5.12. The molecule has 0 unspecified atom stereocenters. The van der Waals surface area contributed by atoms with Crippen LogP contribution in [-0.2, 0) is 0 Å². The predicted molar refractivity (Wildman–Crippen MR) is 71.2 cm³/mol. The van der Waals surface area contributed by atoms with Crippen LogP contribution >= 0.6 is 0 Å². The van der Waals surface area contributed by atoms with Gasteiger partial charge in [-0.25, -0.2) is 4.98 Å². The summed E-state index contributed by atoms with van der Waals surface area (Å²) in [5.74, 6) is 0.954.